The van der Waals surface area contributed by atoms with E-state index in [0.717, 1.165) is 8.04 Å². The molecule has 1 aromatic carbocycles. The zero-order chi connectivity index (χ0) is 11.5. The third-order valence-electron chi connectivity index (χ3n) is 1.85. The van der Waals surface area contributed by atoms with Crippen molar-refractivity contribution in [1.29, 1.82) is 0 Å². The highest BCUT2D eigenvalue weighted by molar-refractivity contribution is 14.1. The molecule has 16 heavy (non-hydrogen) atoms. The molecule has 6 heteroatoms. The second-order valence-electron chi connectivity index (χ2n) is 2.97. The summed E-state index contributed by atoms with van der Waals surface area (Å²) in [7, 11) is 0. The van der Waals surface area contributed by atoms with Crippen LogP contribution in [-0.2, 0) is 0 Å². The Kier molecular flexibility index (Phi) is 3.70. The summed E-state index contributed by atoms with van der Waals surface area (Å²) in [6.07, 6.45) is 3.13. The molecule has 3 nitrogen and oxygen atoms in total. The normalized spacial score (nSPS) is 10.2. The molecule has 0 fully saturated rings. The number of nitrogens with one attached hydrogen (secondary N) is 1. The van der Waals surface area contributed by atoms with Gasteiger partial charge in [-0.15, -0.1) is 0 Å². The Morgan fingerprint density at radius 2 is 2.19 bits per heavy atom. The second-order valence-corrected chi connectivity index (χ2v) is 4.98. The predicted octanol–water partition coefficient (Wildman–Crippen LogP) is 3.73. The fourth-order valence-corrected chi connectivity index (χ4v) is 1.91. The molecular formula is C10H6BrFIN3. The zero-order valence-electron chi connectivity index (χ0n) is 7.92. The van der Waals surface area contributed by atoms with Gasteiger partial charge in [-0.25, -0.2) is 14.4 Å². The van der Waals surface area contributed by atoms with Gasteiger partial charge >= 0.3 is 0 Å². The van der Waals surface area contributed by atoms with Crippen LogP contribution in [0.4, 0.5) is 15.9 Å². The summed E-state index contributed by atoms with van der Waals surface area (Å²) in [4.78, 5) is 7.95. The highest BCUT2D eigenvalue weighted by Crippen LogP contribution is 2.27. The number of anilines is 2. The predicted molar refractivity (Wildman–Crippen MR) is 72.1 cm³/mol. The minimum atomic E-state index is -0.297. The van der Waals surface area contributed by atoms with Crippen molar-refractivity contribution in [1.82, 2.24) is 9.97 Å². The quantitative estimate of drug-likeness (QED) is 0.790. The number of nitrogens with zero attached hydrogens (tertiary/aromatic N) is 2. The van der Waals surface area contributed by atoms with Gasteiger partial charge in [-0.3, -0.25) is 0 Å². The summed E-state index contributed by atoms with van der Waals surface area (Å²) in [5, 5.41) is 3.04. The molecule has 82 valence electrons. The molecule has 0 atom stereocenters. The van der Waals surface area contributed by atoms with E-state index in [2.05, 4.69) is 53.8 Å². The van der Waals surface area contributed by atoms with Crippen LogP contribution in [0.3, 0.4) is 0 Å². The zero-order valence-corrected chi connectivity index (χ0v) is 11.7. The SMILES string of the molecule is Fc1ccc(Br)c(Nc2ncncc2I)c1. The molecule has 0 spiro atoms. The lowest BCUT2D eigenvalue weighted by atomic mass is 10.3. The van der Waals surface area contributed by atoms with Crippen molar-refractivity contribution in [2.45, 2.75) is 0 Å². The Balaban J connectivity index is 2.34. The smallest absolute Gasteiger partial charge is 0.147 e. The van der Waals surface area contributed by atoms with Crippen molar-refractivity contribution in [3.8, 4) is 0 Å². The van der Waals surface area contributed by atoms with Gasteiger partial charge in [0.1, 0.15) is 18.0 Å². The van der Waals surface area contributed by atoms with Gasteiger partial charge in [0.15, 0.2) is 0 Å². The van der Waals surface area contributed by atoms with Crippen LogP contribution in [0.1, 0.15) is 0 Å². The summed E-state index contributed by atoms with van der Waals surface area (Å²) in [5.74, 6) is 0.358. The van der Waals surface area contributed by atoms with Gasteiger partial charge in [-0.1, -0.05) is 0 Å². The lowest BCUT2D eigenvalue weighted by Crippen LogP contribution is -1.98. The van der Waals surface area contributed by atoms with Crippen LogP contribution in [0.15, 0.2) is 35.2 Å². The van der Waals surface area contributed by atoms with E-state index in [0.29, 0.717) is 11.5 Å². The average Bonchev–Trinajstić information content (AvgIpc) is 2.27. The summed E-state index contributed by atoms with van der Waals surface area (Å²) in [6, 6.07) is 4.44. The number of benzene rings is 1. The van der Waals surface area contributed by atoms with Gasteiger partial charge in [0.25, 0.3) is 0 Å². The Morgan fingerprint density at radius 1 is 1.38 bits per heavy atom. The van der Waals surface area contributed by atoms with Gasteiger partial charge < -0.3 is 5.32 Å². The van der Waals surface area contributed by atoms with Crippen molar-refractivity contribution in [2.24, 2.45) is 0 Å². The number of hydrogen-bond acceptors (Lipinski definition) is 3. The van der Waals surface area contributed by atoms with Crippen molar-refractivity contribution >= 4 is 50.0 Å². The fourth-order valence-electron chi connectivity index (χ4n) is 1.13. The minimum Gasteiger partial charge on any atom is -0.338 e. The standard InChI is InChI=1S/C10H6BrFIN3/c11-7-2-1-6(12)3-9(7)16-10-8(13)4-14-5-15-10/h1-5H,(H,14,15,16). The number of halogens is 3. The number of aromatic nitrogens is 2. The van der Waals surface area contributed by atoms with Gasteiger partial charge in [-0.05, 0) is 56.7 Å². The number of rotatable bonds is 2. The first-order chi connectivity index (χ1) is 7.66. The molecule has 0 saturated heterocycles. The van der Waals surface area contributed by atoms with E-state index in [9.17, 15) is 4.39 Å². The maximum Gasteiger partial charge on any atom is 0.147 e. The Morgan fingerprint density at radius 3 is 2.94 bits per heavy atom. The lowest BCUT2D eigenvalue weighted by Gasteiger charge is -2.08. The maximum atomic E-state index is 13.1. The highest BCUT2D eigenvalue weighted by atomic mass is 127. The number of hydrogen-bond donors (Lipinski definition) is 1. The van der Waals surface area contributed by atoms with Crippen LogP contribution in [0, 0.1) is 9.39 Å². The van der Waals surface area contributed by atoms with Crippen LogP contribution < -0.4 is 5.32 Å². The van der Waals surface area contributed by atoms with E-state index >= 15 is 0 Å². The van der Waals surface area contributed by atoms with Crippen molar-refractivity contribution in [3.63, 3.8) is 0 Å². The summed E-state index contributed by atoms with van der Waals surface area (Å²) < 4.78 is 14.7. The van der Waals surface area contributed by atoms with Gasteiger partial charge in [0, 0.05) is 10.7 Å². The third kappa shape index (κ3) is 2.67. The van der Waals surface area contributed by atoms with Crippen LogP contribution in [0.25, 0.3) is 0 Å². The average molecular weight is 394 g/mol. The molecule has 1 heterocycles. The van der Waals surface area contributed by atoms with Crippen molar-refractivity contribution in [2.75, 3.05) is 5.32 Å². The van der Waals surface area contributed by atoms with Crippen LogP contribution >= 0.6 is 38.5 Å². The van der Waals surface area contributed by atoms with Gasteiger partial charge in [0.05, 0.1) is 9.26 Å². The van der Waals surface area contributed by atoms with E-state index in [-0.39, 0.29) is 5.82 Å². The molecule has 0 aliphatic rings. The van der Waals surface area contributed by atoms with Crippen molar-refractivity contribution in [3.05, 3.63) is 44.6 Å². The second kappa shape index (κ2) is 5.05. The molecule has 0 aliphatic heterocycles. The Labute approximate surface area is 114 Å². The Hall–Kier alpha value is -0.760. The molecule has 0 aliphatic carbocycles. The van der Waals surface area contributed by atoms with Crippen LogP contribution in [-0.4, -0.2) is 9.97 Å². The van der Waals surface area contributed by atoms with E-state index in [4.69, 9.17) is 0 Å². The minimum absolute atomic E-state index is 0.297. The lowest BCUT2D eigenvalue weighted by molar-refractivity contribution is 0.628. The molecule has 0 amide bonds. The summed E-state index contributed by atoms with van der Waals surface area (Å²) in [5.41, 5.74) is 0.636. The fraction of sp³-hybridized carbons (Fsp3) is 0. The monoisotopic (exact) mass is 393 g/mol. The molecule has 1 aromatic heterocycles. The first-order valence-electron chi connectivity index (χ1n) is 4.34. The maximum absolute atomic E-state index is 13.1. The molecular weight excluding hydrogens is 388 g/mol. The summed E-state index contributed by atoms with van der Waals surface area (Å²) >= 11 is 5.45. The highest BCUT2D eigenvalue weighted by Gasteiger charge is 2.05. The third-order valence-corrected chi connectivity index (χ3v) is 3.33. The van der Waals surface area contributed by atoms with Crippen LogP contribution in [0.5, 0.6) is 0 Å². The summed E-state index contributed by atoms with van der Waals surface area (Å²) in [6.45, 7) is 0. The molecule has 0 radical (unpaired) electrons. The Bertz CT molecular complexity index is 521. The van der Waals surface area contributed by atoms with E-state index in [1.165, 1.54) is 18.5 Å². The molecule has 1 N–H and O–H groups in total. The van der Waals surface area contributed by atoms with E-state index < -0.39 is 0 Å². The molecule has 0 bridgehead atoms. The van der Waals surface area contributed by atoms with Crippen LogP contribution in [0.2, 0.25) is 0 Å². The molecule has 0 unspecified atom stereocenters. The van der Waals surface area contributed by atoms with E-state index in [1.807, 2.05) is 0 Å². The first-order valence-corrected chi connectivity index (χ1v) is 6.21. The van der Waals surface area contributed by atoms with Gasteiger partial charge in [0.2, 0.25) is 0 Å². The molecule has 0 saturated carbocycles. The first kappa shape index (κ1) is 11.7. The largest absolute Gasteiger partial charge is 0.338 e. The van der Waals surface area contributed by atoms with Crippen molar-refractivity contribution < 1.29 is 4.39 Å². The topological polar surface area (TPSA) is 37.8 Å². The molecule has 2 aromatic rings. The van der Waals surface area contributed by atoms with Gasteiger partial charge in [-0.2, -0.15) is 0 Å². The van der Waals surface area contributed by atoms with E-state index in [1.54, 1.807) is 12.3 Å². The molecule has 2 rings (SSSR count).